The fourth-order valence-corrected chi connectivity index (χ4v) is 5.30. The first kappa shape index (κ1) is 30.5. The average molecular weight is 475 g/mol. The van der Waals surface area contributed by atoms with E-state index in [-0.39, 0.29) is 12.5 Å². The van der Waals surface area contributed by atoms with E-state index in [4.69, 9.17) is 0 Å². The first-order valence-electron chi connectivity index (χ1n) is 13.0. The van der Waals surface area contributed by atoms with Gasteiger partial charge in [0, 0.05) is 12.0 Å². The Morgan fingerprint density at radius 1 is 1.09 bits per heavy atom. The van der Waals surface area contributed by atoms with Gasteiger partial charge < -0.3 is 15.3 Å². The molecule has 1 rings (SSSR count). The van der Waals surface area contributed by atoms with Crippen molar-refractivity contribution in [3.63, 3.8) is 0 Å². The molecule has 0 aromatic heterocycles. The van der Waals surface area contributed by atoms with Crippen LogP contribution in [0.25, 0.3) is 0 Å². The van der Waals surface area contributed by atoms with Crippen LogP contribution in [0.15, 0.2) is 46.1 Å². The first-order valence-corrected chi connectivity index (χ1v) is 13.0. The molecular formula is C30H50O4. The minimum atomic E-state index is -0.856. The number of aliphatic hydroxyl groups is 3. The number of allylic oxidation sites excluding steroid dienone is 6. The summed E-state index contributed by atoms with van der Waals surface area (Å²) in [5, 5.41) is 31.5. The highest BCUT2D eigenvalue weighted by molar-refractivity contribution is 5.74. The quantitative estimate of drug-likeness (QED) is 0.159. The van der Waals surface area contributed by atoms with Crippen LogP contribution in [0.5, 0.6) is 0 Å². The molecule has 1 fully saturated rings. The Hall–Kier alpha value is -1.49. The molecule has 0 aromatic carbocycles. The van der Waals surface area contributed by atoms with E-state index in [2.05, 4.69) is 45.9 Å². The van der Waals surface area contributed by atoms with E-state index in [0.717, 1.165) is 61.5 Å². The highest BCUT2D eigenvalue weighted by Crippen LogP contribution is 2.55. The Bertz CT molecular complexity index is 780. The van der Waals surface area contributed by atoms with Gasteiger partial charge >= 0.3 is 0 Å². The van der Waals surface area contributed by atoms with Gasteiger partial charge in [0.1, 0.15) is 6.29 Å². The zero-order valence-corrected chi connectivity index (χ0v) is 22.8. The number of carbonyl (C=O) groups is 1. The summed E-state index contributed by atoms with van der Waals surface area (Å²) in [6, 6.07) is 0. The number of aliphatic hydroxyl groups excluding tert-OH is 2. The molecule has 0 aromatic rings. The summed E-state index contributed by atoms with van der Waals surface area (Å²) in [6.07, 6.45) is 13.8. The maximum absolute atomic E-state index is 11.6. The summed E-state index contributed by atoms with van der Waals surface area (Å²) in [7, 11) is 0. The van der Waals surface area contributed by atoms with Crippen LogP contribution in [0.4, 0.5) is 0 Å². The van der Waals surface area contributed by atoms with Crippen molar-refractivity contribution in [1.82, 2.24) is 0 Å². The lowest BCUT2D eigenvalue weighted by Gasteiger charge is -2.53. The molecule has 0 aliphatic heterocycles. The van der Waals surface area contributed by atoms with Crippen molar-refractivity contribution in [3.8, 4) is 0 Å². The van der Waals surface area contributed by atoms with Crippen molar-refractivity contribution in [3.05, 3.63) is 46.1 Å². The maximum atomic E-state index is 11.6. The Morgan fingerprint density at radius 3 is 2.35 bits per heavy atom. The third-order valence-corrected chi connectivity index (χ3v) is 8.07. The molecular weight excluding hydrogens is 424 g/mol. The summed E-state index contributed by atoms with van der Waals surface area (Å²) in [5.74, 6) is 0.0543. The van der Waals surface area contributed by atoms with Crippen LogP contribution < -0.4 is 0 Å². The Kier molecular flexibility index (Phi) is 12.7. The Balaban J connectivity index is 2.92. The van der Waals surface area contributed by atoms with Gasteiger partial charge in [-0.15, -0.1) is 0 Å². The van der Waals surface area contributed by atoms with Crippen LogP contribution in [0, 0.1) is 11.3 Å². The van der Waals surface area contributed by atoms with Gasteiger partial charge in [-0.2, -0.15) is 0 Å². The van der Waals surface area contributed by atoms with Gasteiger partial charge in [-0.25, -0.2) is 0 Å². The molecule has 0 radical (unpaired) electrons. The van der Waals surface area contributed by atoms with Crippen LogP contribution in [0.2, 0.25) is 0 Å². The smallest absolute Gasteiger partial charge is 0.145 e. The van der Waals surface area contributed by atoms with Crippen LogP contribution in [0.1, 0.15) is 106 Å². The molecule has 1 aliphatic carbocycles. The number of hydrogen-bond acceptors (Lipinski definition) is 4. The second kappa shape index (κ2) is 14.2. The predicted molar refractivity (Wildman–Crippen MR) is 143 cm³/mol. The topological polar surface area (TPSA) is 77.8 Å². The SMILES string of the molecule is CC(C)=CCC/C(C)=C/C[C@@H](O)/C(C)=C/CC[C@@]1(C)[C@H](CCCO)/C(=C(/C)C=O)CC[C@]1(C)O. The normalized spacial score (nSPS) is 28.5. The van der Waals surface area contributed by atoms with Crippen molar-refractivity contribution in [2.24, 2.45) is 11.3 Å². The van der Waals surface area contributed by atoms with Gasteiger partial charge in [-0.3, -0.25) is 4.79 Å². The Morgan fingerprint density at radius 2 is 1.76 bits per heavy atom. The molecule has 1 saturated carbocycles. The average Bonchev–Trinajstić information content (AvgIpc) is 2.77. The molecule has 3 N–H and O–H groups in total. The molecule has 34 heavy (non-hydrogen) atoms. The number of rotatable bonds is 13. The lowest BCUT2D eigenvalue weighted by atomic mass is 9.54. The highest BCUT2D eigenvalue weighted by Gasteiger charge is 2.52. The van der Waals surface area contributed by atoms with Gasteiger partial charge in [0.2, 0.25) is 0 Å². The predicted octanol–water partition coefficient (Wildman–Crippen LogP) is 6.61. The lowest BCUT2D eigenvalue weighted by Crippen LogP contribution is -2.52. The fourth-order valence-electron chi connectivity index (χ4n) is 5.30. The number of hydrogen-bond donors (Lipinski definition) is 3. The number of carbonyl (C=O) groups excluding carboxylic acids is 1. The molecule has 4 heteroatoms. The van der Waals surface area contributed by atoms with E-state index >= 15 is 0 Å². The second-order valence-corrected chi connectivity index (χ2v) is 11.0. The molecule has 0 spiro atoms. The van der Waals surface area contributed by atoms with Gasteiger partial charge in [0.25, 0.3) is 0 Å². The summed E-state index contributed by atoms with van der Waals surface area (Å²) in [5.41, 5.74) is 4.21. The summed E-state index contributed by atoms with van der Waals surface area (Å²) >= 11 is 0. The van der Waals surface area contributed by atoms with Crippen molar-refractivity contribution in [1.29, 1.82) is 0 Å². The van der Waals surface area contributed by atoms with E-state index in [1.807, 2.05) is 20.8 Å². The van der Waals surface area contributed by atoms with Gasteiger partial charge in [0.15, 0.2) is 0 Å². The van der Waals surface area contributed by atoms with Crippen molar-refractivity contribution in [2.75, 3.05) is 6.61 Å². The first-order chi connectivity index (χ1) is 15.9. The molecule has 4 nitrogen and oxygen atoms in total. The molecule has 0 bridgehead atoms. The van der Waals surface area contributed by atoms with E-state index < -0.39 is 17.1 Å². The largest absolute Gasteiger partial charge is 0.396 e. The third kappa shape index (κ3) is 8.62. The summed E-state index contributed by atoms with van der Waals surface area (Å²) < 4.78 is 0. The molecule has 4 atom stereocenters. The highest BCUT2D eigenvalue weighted by atomic mass is 16.3. The van der Waals surface area contributed by atoms with E-state index in [1.165, 1.54) is 11.1 Å². The summed E-state index contributed by atoms with van der Waals surface area (Å²) in [4.78, 5) is 11.6. The van der Waals surface area contributed by atoms with Crippen molar-refractivity contribution >= 4 is 6.29 Å². The minimum absolute atomic E-state index is 0.0543. The third-order valence-electron chi connectivity index (χ3n) is 8.07. The molecule has 194 valence electrons. The molecule has 0 saturated heterocycles. The fraction of sp³-hybridized carbons (Fsp3) is 0.700. The van der Waals surface area contributed by atoms with Gasteiger partial charge in [-0.05, 0) is 116 Å². The lowest BCUT2D eigenvalue weighted by molar-refractivity contribution is -0.115. The molecule has 0 unspecified atom stereocenters. The summed E-state index contributed by atoms with van der Waals surface area (Å²) in [6.45, 7) is 14.3. The van der Waals surface area contributed by atoms with Crippen molar-refractivity contribution < 1.29 is 20.1 Å². The minimum Gasteiger partial charge on any atom is -0.396 e. The van der Waals surface area contributed by atoms with Crippen LogP contribution in [0.3, 0.4) is 0 Å². The maximum Gasteiger partial charge on any atom is 0.145 e. The van der Waals surface area contributed by atoms with E-state index in [9.17, 15) is 20.1 Å². The standard InChI is InChI=1S/C30H50O4/c1-22(2)11-8-12-23(3)15-16-28(33)24(4)13-9-18-29(6)27(14-10-20-31)26(25(5)21-32)17-19-30(29,7)34/h11,13,15,21,27-28,31,33-34H,8-10,12,14,16-20H2,1-7H3/b23-15+,24-13+,26-25-/t27-,28-,29+,30+/m1/s1. The van der Waals surface area contributed by atoms with Crippen LogP contribution in [-0.4, -0.2) is 39.9 Å². The second-order valence-electron chi connectivity index (χ2n) is 11.0. The molecule has 1 aliphatic rings. The van der Waals surface area contributed by atoms with Crippen LogP contribution >= 0.6 is 0 Å². The Labute approximate surface area is 208 Å². The van der Waals surface area contributed by atoms with E-state index in [1.54, 1.807) is 0 Å². The molecule has 0 amide bonds. The van der Waals surface area contributed by atoms with Crippen molar-refractivity contribution in [2.45, 2.75) is 118 Å². The van der Waals surface area contributed by atoms with E-state index in [0.29, 0.717) is 19.3 Å². The van der Waals surface area contributed by atoms with Gasteiger partial charge in [0.05, 0.1) is 11.7 Å². The molecule has 0 heterocycles. The van der Waals surface area contributed by atoms with Crippen LogP contribution in [-0.2, 0) is 4.79 Å². The monoisotopic (exact) mass is 474 g/mol. The zero-order chi connectivity index (χ0) is 25.9. The number of aldehydes is 1. The van der Waals surface area contributed by atoms with Gasteiger partial charge in [-0.1, -0.05) is 41.9 Å². The zero-order valence-electron chi connectivity index (χ0n) is 22.8.